The van der Waals surface area contributed by atoms with Crippen molar-refractivity contribution < 1.29 is 35.7 Å². The van der Waals surface area contributed by atoms with Crippen LogP contribution in [-0.4, -0.2) is 32.1 Å². The fourth-order valence-electron chi connectivity index (χ4n) is 5.34. The molecule has 8 nitrogen and oxygen atoms in total. The Labute approximate surface area is 197 Å². The molecular weight excluding hydrogens is 497 g/mol. The van der Waals surface area contributed by atoms with Gasteiger partial charge in [-0.25, -0.2) is 17.8 Å². The molecule has 2 aromatic rings. The van der Waals surface area contributed by atoms with Crippen molar-refractivity contribution in [2.45, 2.75) is 61.7 Å². The van der Waals surface area contributed by atoms with Crippen molar-refractivity contribution >= 4 is 21.3 Å². The minimum Gasteiger partial charge on any atom is -0.618 e. The number of anilines is 1. The molecule has 1 amide bonds. The fourth-order valence-corrected chi connectivity index (χ4v) is 6.10. The van der Waals surface area contributed by atoms with Gasteiger partial charge in [0.1, 0.15) is 21.0 Å². The van der Waals surface area contributed by atoms with Crippen molar-refractivity contribution in [2.24, 2.45) is 11.3 Å². The van der Waals surface area contributed by atoms with Gasteiger partial charge in [0.2, 0.25) is 0 Å². The van der Waals surface area contributed by atoms with E-state index < -0.39 is 67.7 Å². The van der Waals surface area contributed by atoms with Gasteiger partial charge in [-0.1, -0.05) is 0 Å². The van der Waals surface area contributed by atoms with Gasteiger partial charge in [-0.3, -0.25) is 9.48 Å². The molecule has 4 saturated carbocycles. The summed E-state index contributed by atoms with van der Waals surface area (Å²) >= 11 is 0. The first kappa shape index (κ1) is 23.9. The molecule has 35 heavy (non-hydrogen) atoms. The highest BCUT2D eigenvalue weighted by Gasteiger charge is 2.66. The maximum absolute atomic E-state index is 14.2. The van der Waals surface area contributed by atoms with E-state index in [9.17, 15) is 36.2 Å². The summed E-state index contributed by atoms with van der Waals surface area (Å²) in [6.07, 6.45) is -2.24. The van der Waals surface area contributed by atoms with Crippen LogP contribution in [0.25, 0.3) is 0 Å². The Kier molecular flexibility index (Phi) is 5.04. The van der Waals surface area contributed by atoms with E-state index >= 15 is 0 Å². The molecule has 0 aliphatic heterocycles. The second kappa shape index (κ2) is 7.37. The van der Waals surface area contributed by atoms with Crippen molar-refractivity contribution in [1.82, 2.24) is 9.78 Å². The van der Waals surface area contributed by atoms with Crippen molar-refractivity contribution in [1.29, 1.82) is 4.78 Å². The van der Waals surface area contributed by atoms with Gasteiger partial charge in [0.15, 0.2) is 6.20 Å². The molecule has 2 heterocycles. The third-order valence-electron chi connectivity index (χ3n) is 7.04. The Hall–Kier alpha value is -2.77. The molecule has 2 N–H and O–H groups in total. The Morgan fingerprint density at radius 2 is 2.03 bits per heavy atom. The van der Waals surface area contributed by atoms with E-state index in [2.05, 4.69) is 10.4 Å². The van der Waals surface area contributed by atoms with E-state index in [0.717, 1.165) is 29.3 Å². The summed E-state index contributed by atoms with van der Waals surface area (Å²) in [5.74, 6) is -5.35. The van der Waals surface area contributed by atoms with Crippen LogP contribution in [0.15, 0.2) is 23.4 Å². The number of nitrogens with one attached hydrogen (secondary N) is 2. The highest BCUT2D eigenvalue weighted by molar-refractivity contribution is 7.91. The lowest BCUT2D eigenvalue weighted by atomic mass is 9.69. The summed E-state index contributed by atoms with van der Waals surface area (Å²) < 4.78 is 91.4. The number of nitrogens with zero attached hydrogens (tertiary/aromatic N) is 3. The lowest BCUT2D eigenvalue weighted by Crippen LogP contribution is -2.35. The van der Waals surface area contributed by atoms with Crippen molar-refractivity contribution in [3.63, 3.8) is 0 Å². The predicted molar refractivity (Wildman–Crippen MR) is 112 cm³/mol. The first-order chi connectivity index (χ1) is 16.1. The van der Waals surface area contributed by atoms with Gasteiger partial charge in [-0.2, -0.15) is 23.0 Å². The molecule has 190 valence electrons. The molecule has 0 saturated heterocycles. The molecule has 4 aliphatic carbocycles. The van der Waals surface area contributed by atoms with Gasteiger partial charge < -0.3 is 10.5 Å². The molecule has 0 aromatic carbocycles. The maximum Gasteiger partial charge on any atom is 0.420 e. The number of amides is 1. The number of carbonyl (C=O) groups is 1. The standard InChI is InChI=1S/C21H22F5N5O3S/c1-35(27,34)14-6-13(4-5-31(14)33)28-18(32)17-15(21(24,25)26)16(11-2-3-11)29-30(17)10-19-7-12(8-19)20(22,23)9-19/h4-6,11-12,27H,2-3,7-10H2,1H3,(H,28,32). The molecule has 0 spiro atoms. The summed E-state index contributed by atoms with van der Waals surface area (Å²) in [7, 11) is -3.49. The lowest BCUT2D eigenvalue weighted by molar-refractivity contribution is -0.646. The quantitative estimate of drug-likeness (QED) is 0.339. The number of aromatic nitrogens is 3. The van der Waals surface area contributed by atoms with Gasteiger partial charge in [-0.05, 0) is 31.1 Å². The average Bonchev–Trinajstić information content (AvgIpc) is 3.34. The van der Waals surface area contributed by atoms with Crippen LogP contribution in [-0.2, 0) is 22.5 Å². The molecule has 6 rings (SSSR count). The largest absolute Gasteiger partial charge is 0.618 e. The number of hydrogen-bond acceptors (Lipinski definition) is 5. The van der Waals surface area contributed by atoms with E-state index in [-0.39, 0.29) is 35.5 Å². The number of rotatable bonds is 6. The Morgan fingerprint density at radius 3 is 2.54 bits per heavy atom. The minimum atomic E-state index is -4.92. The zero-order valence-electron chi connectivity index (χ0n) is 18.5. The van der Waals surface area contributed by atoms with Crippen molar-refractivity contribution in [2.75, 3.05) is 11.6 Å². The van der Waals surface area contributed by atoms with Crippen LogP contribution in [0.2, 0.25) is 0 Å². The minimum absolute atomic E-state index is 0.137. The van der Waals surface area contributed by atoms with E-state index in [1.165, 1.54) is 0 Å². The van der Waals surface area contributed by atoms with E-state index in [0.29, 0.717) is 12.8 Å². The molecule has 4 fully saturated rings. The molecule has 2 aromatic heterocycles. The van der Waals surface area contributed by atoms with E-state index in [4.69, 9.17) is 4.78 Å². The third-order valence-corrected chi connectivity index (χ3v) is 8.13. The van der Waals surface area contributed by atoms with Crippen molar-refractivity contribution in [3.05, 3.63) is 40.5 Å². The van der Waals surface area contributed by atoms with Gasteiger partial charge >= 0.3 is 6.18 Å². The van der Waals surface area contributed by atoms with Crippen LogP contribution in [0.3, 0.4) is 0 Å². The summed E-state index contributed by atoms with van der Waals surface area (Å²) in [4.78, 5) is 13.2. The number of pyridine rings is 1. The van der Waals surface area contributed by atoms with Gasteiger partial charge in [0.05, 0.1) is 11.4 Å². The van der Waals surface area contributed by atoms with E-state index in [1.807, 2.05) is 0 Å². The zero-order valence-corrected chi connectivity index (χ0v) is 19.3. The smallest absolute Gasteiger partial charge is 0.420 e. The van der Waals surface area contributed by atoms with E-state index in [1.54, 1.807) is 0 Å². The second-order valence-corrected chi connectivity index (χ2v) is 12.1. The number of hydrogen-bond donors (Lipinski definition) is 2. The summed E-state index contributed by atoms with van der Waals surface area (Å²) in [6.45, 7) is -0.242. The molecule has 4 aliphatic rings. The number of halogens is 5. The number of alkyl halides is 5. The Balaban J connectivity index is 1.55. The third kappa shape index (κ3) is 4.15. The lowest BCUT2D eigenvalue weighted by Gasteiger charge is -2.37. The monoisotopic (exact) mass is 519 g/mol. The normalized spacial score (nSPS) is 26.7. The van der Waals surface area contributed by atoms with Crippen LogP contribution >= 0.6 is 0 Å². The molecule has 2 bridgehead atoms. The first-order valence-electron chi connectivity index (χ1n) is 10.9. The zero-order chi connectivity index (χ0) is 25.6. The fraction of sp³-hybridized carbons (Fsp3) is 0.571. The summed E-state index contributed by atoms with van der Waals surface area (Å²) in [6, 6.07) is 2.06. The highest BCUT2D eigenvalue weighted by atomic mass is 32.2. The molecule has 0 radical (unpaired) electrons. The van der Waals surface area contributed by atoms with Crippen LogP contribution < -0.4 is 10.0 Å². The van der Waals surface area contributed by atoms with Gasteiger partial charge in [0.25, 0.3) is 16.9 Å². The highest BCUT2D eigenvalue weighted by Crippen LogP contribution is 2.66. The van der Waals surface area contributed by atoms with Crippen LogP contribution in [0.5, 0.6) is 0 Å². The molecule has 14 heteroatoms. The SMILES string of the molecule is CS(=N)(=O)c1cc(NC(=O)c2c(C(F)(F)F)c(C3CC3)nn2CC23CC(C2)C(F)(F)C3)cc[n+]1[O-]. The summed E-state index contributed by atoms with van der Waals surface area (Å²) in [5.41, 5.74) is -3.30. The topological polar surface area (TPSA) is 115 Å². The summed E-state index contributed by atoms with van der Waals surface area (Å²) in [5, 5.41) is 17.8. The second-order valence-electron chi connectivity index (χ2n) is 9.96. The number of carbonyl (C=O) groups excluding carboxylic acids is 1. The Morgan fingerprint density at radius 1 is 1.37 bits per heavy atom. The molecular formula is C21H22F5N5O3S. The van der Waals surface area contributed by atoms with Gasteiger partial charge in [-0.15, -0.1) is 0 Å². The van der Waals surface area contributed by atoms with Crippen LogP contribution in [0, 0.1) is 21.3 Å². The predicted octanol–water partition coefficient (Wildman–Crippen LogP) is 4.14. The maximum atomic E-state index is 14.2. The molecule has 1 atom stereocenters. The average molecular weight is 519 g/mol. The number of fused-ring (bicyclic) bond motifs is 1. The van der Waals surface area contributed by atoms with Crippen LogP contribution in [0.1, 0.15) is 59.8 Å². The molecule has 1 unspecified atom stereocenters. The van der Waals surface area contributed by atoms with Crippen LogP contribution in [0.4, 0.5) is 27.6 Å². The van der Waals surface area contributed by atoms with Gasteiger partial charge in [0, 0.05) is 43.2 Å². The first-order valence-corrected chi connectivity index (χ1v) is 12.9. The van der Waals surface area contributed by atoms with Crippen molar-refractivity contribution in [3.8, 4) is 0 Å². The Bertz CT molecular complexity index is 1330.